The van der Waals surface area contributed by atoms with Crippen molar-refractivity contribution in [3.8, 4) is 0 Å². The fraction of sp³-hybridized carbons (Fsp3) is 0.619. The number of aryl methyl sites for hydroxylation is 1. The molecular weight excluding hydrogens is 342 g/mol. The van der Waals surface area contributed by atoms with Crippen LogP contribution >= 0.6 is 0 Å². The number of amides is 2. The summed E-state index contributed by atoms with van der Waals surface area (Å²) in [6, 6.07) is 9.00. The Morgan fingerprint density at radius 2 is 1.89 bits per heavy atom. The van der Waals surface area contributed by atoms with Gasteiger partial charge < -0.3 is 15.3 Å². The molecule has 1 saturated heterocycles. The predicted molar refractivity (Wildman–Crippen MR) is 105 cm³/mol. The van der Waals surface area contributed by atoms with E-state index in [0.29, 0.717) is 5.92 Å². The second kappa shape index (κ2) is 8.74. The van der Waals surface area contributed by atoms with Crippen LogP contribution < -0.4 is 5.32 Å². The van der Waals surface area contributed by atoms with Crippen LogP contribution in [0.1, 0.15) is 49.7 Å². The van der Waals surface area contributed by atoms with Crippen molar-refractivity contribution in [1.82, 2.24) is 15.1 Å². The standard InChI is InChI=1S/C21H31N3O3/c1-3-23(14-20(25)26)18-12-17(13-18)22-21(27)24-10-8-16(9-11-24)19-7-5-4-6-15(19)2/h4-7,16-18H,3,8-14H2,1-2H3,(H,22,27)(H,25,26). The van der Waals surface area contributed by atoms with Gasteiger partial charge in [0, 0.05) is 25.2 Å². The number of likely N-dealkylation sites (N-methyl/N-ethyl adjacent to an activating group) is 1. The maximum atomic E-state index is 12.5. The Morgan fingerprint density at radius 3 is 2.48 bits per heavy atom. The summed E-state index contributed by atoms with van der Waals surface area (Å²) in [7, 11) is 0. The SMILES string of the molecule is CCN(CC(=O)O)C1CC(NC(=O)N2CCC(c3ccccc3C)CC2)C1. The lowest BCUT2D eigenvalue weighted by molar-refractivity contribution is -0.139. The Bertz CT molecular complexity index is 664. The summed E-state index contributed by atoms with van der Waals surface area (Å²) in [5.74, 6) is -0.252. The molecule has 1 aromatic rings. The lowest BCUT2D eigenvalue weighted by atomic mass is 9.85. The van der Waals surface area contributed by atoms with Crippen molar-refractivity contribution >= 4 is 12.0 Å². The molecule has 0 bridgehead atoms. The van der Waals surface area contributed by atoms with Gasteiger partial charge in [-0.05, 0) is 56.2 Å². The highest BCUT2D eigenvalue weighted by molar-refractivity contribution is 5.75. The fourth-order valence-electron chi connectivity index (χ4n) is 4.38. The summed E-state index contributed by atoms with van der Waals surface area (Å²) in [5, 5.41) is 12.1. The van der Waals surface area contributed by atoms with Crippen molar-refractivity contribution < 1.29 is 14.7 Å². The zero-order valence-electron chi connectivity index (χ0n) is 16.4. The third-order valence-corrected chi connectivity index (χ3v) is 6.11. The van der Waals surface area contributed by atoms with E-state index in [9.17, 15) is 9.59 Å². The molecule has 6 heteroatoms. The number of hydrogen-bond acceptors (Lipinski definition) is 3. The van der Waals surface area contributed by atoms with Crippen LogP contribution in [-0.4, -0.2) is 65.2 Å². The molecule has 1 aromatic carbocycles. The summed E-state index contributed by atoms with van der Waals surface area (Å²) >= 11 is 0. The maximum absolute atomic E-state index is 12.5. The molecule has 148 valence electrons. The van der Waals surface area contributed by atoms with Gasteiger partial charge >= 0.3 is 12.0 Å². The van der Waals surface area contributed by atoms with E-state index < -0.39 is 5.97 Å². The van der Waals surface area contributed by atoms with Crippen LogP contribution in [0.4, 0.5) is 4.79 Å². The average Bonchev–Trinajstić information content (AvgIpc) is 2.63. The number of benzene rings is 1. The van der Waals surface area contributed by atoms with Crippen LogP contribution in [0.25, 0.3) is 0 Å². The number of aliphatic carboxylic acids is 1. The first kappa shape index (κ1) is 19.7. The molecule has 1 heterocycles. The highest BCUT2D eigenvalue weighted by Crippen LogP contribution is 2.30. The van der Waals surface area contributed by atoms with E-state index >= 15 is 0 Å². The van der Waals surface area contributed by atoms with Gasteiger partial charge in [0.15, 0.2) is 0 Å². The van der Waals surface area contributed by atoms with Crippen molar-refractivity contribution in [2.24, 2.45) is 0 Å². The lowest BCUT2D eigenvalue weighted by Crippen LogP contribution is -2.57. The molecule has 2 aliphatic rings. The van der Waals surface area contributed by atoms with Crippen LogP contribution in [0.5, 0.6) is 0 Å². The zero-order valence-corrected chi connectivity index (χ0v) is 16.4. The number of carboxylic acids is 1. The van der Waals surface area contributed by atoms with Gasteiger partial charge in [0.2, 0.25) is 0 Å². The van der Waals surface area contributed by atoms with Gasteiger partial charge in [-0.3, -0.25) is 9.69 Å². The molecule has 0 atom stereocenters. The van der Waals surface area contributed by atoms with Gasteiger partial charge in [-0.25, -0.2) is 4.79 Å². The number of carbonyl (C=O) groups is 2. The van der Waals surface area contributed by atoms with Crippen LogP contribution in [-0.2, 0) is 4.79 Å². The van der Waals surface area contributed by atoms with Gasteiger partial charge in [0.1, 0.15) is 0 Å². The third kappa shape index (κ3) is 4.80. The average molecular weight is 373 g/mol. The molecule has 3 rings (SSSR count). The minimum Gasteiger partial charge on any atom is -0.480 e. The fourth-order valence-corrected chi connectivity index (χ4v) is 4.38. The van der Waals surface area contributed by atoms with E-state index in [-0.39, 0.29) is 24.7 Å². The van der Waals surface area contributed by atoms with Crippen LogP contribution in [0.15, 0.2) is 24.3 Å². The number of nitrogens with zero attached hydrogens (tertiary/aromatic N) is 2. The number of urea groups is 1. The summed E-state index contributed by atoms with van der Waals surface area (Å²) < 4.78 is 0. The van der Waals surface area contributed by atoms with Gasteiger partial charge in [-0.2, -0.15) is 0 Å². The summed E-state index contributed by atoms with van der Waals surface area (Å²) in [6.45, 7) is 6.53. The molecule has 0 unspecified atom stereocenters. The lowest BCUT2D eigenvalue weighted by Gasteiger charge is -2.43. The van der Waals surface area contributed by atoms with E-state index in [2.05, 4.69) is 36.5 Å². The van der Waals surface area contributed by atoms with E-state index in [1.807, 2.05) is 16.7 Å². The molecule has 0 aromatic heterocycles. The molecule has 2 N–H and O–H groups in total. The second-order valence-corrected chi connectivity index (χ2v) is 7.85. The van der Waals surface area contributed by atoms with Crippen molar-refractivity contribution in [2.45, 2.75) is 57.5 Å². The van der Waals surface area contributed by atoms with Crippen molar-refractivity contribution in [3.05, 3.63) is 35.4 Å². The van der Waals surface area contributed by atoms with Crippen LogP contribution in [0.3, 0.4) is 0 Å². The van der Waals surface area contributed by atoms with Gasteiger partial charge in [0.05, 0.1) is 6.54 Å². The Balaban J connectivity index is 1.42. The van der Waals surface area contributed by atoms with Crippen LogP contribution in [0, 0.1) is 6.92 Å². The smallest absolute Gasteiger partial charge is 0.317 e. The molecule has 2 fully saturated rings. The van der Waals surface area contributed by atoms with Gasteiger partial charge in [0.25, 0.3) is 0 Å². The van der Waals surface area contributed by atoms with Crippen LogP contribution in [0.2, 0.25) is 0 Å². The Labute approximate surface area is 161 Å². The monoisotopic (exact) mass is 373 g/mol. The maximum Gasteiger partial charge on any atom is 0.317 e. The molecule has 27 heavy (non-hydrogen) atoms. The third-order valence-electron chi connectivity index (χ3n) is 6.11. The number of hydrogen-bond donors (Lipinski definition) is 2. The van der Waals surface area contributed by atoms with Gasteiger partial charge in [-0.15, -0.1) is 0 Å². The number of nitrogens with one attached hydrogen (secondary N) is 1. The summed E-state index contributed by atoms with van der Waals surface area (Å²) in [6.07, 6.45) is 3.70. The highest BCUT2D eigenvalue weighted by Gasteiger charge is 2.35. The molecule has 2 amide bonds. The first-order chi connectivity index (χ1) is 13.0. The highest BCUT2D eigenvalue weighted by atomic mass is 16.4. The van der Waals surface area contributed by atoms with Crippen molar-refractivity contribution in [1.29, 1.82) is 0 Å². The minimum atomic E-state index is -0.791. The first-order valence-electron chi connectivity index (χ1n) is 10.0. The Morgan fingerprint density at radius 1 is 1.22 bits per heavy atom. The van der Waals surface area contributed by atoms with Gasteiger partial charge in [-0.1, -0.05) is 31.2 Å². The largest absolute Gasteiger partial charge is 0.480 e. The zero-order chi connectivity index (χ0) is 19.4. The number of carboxylic acid groups (broad SMARTS) is 1. The molecular formula is C21H31N3O3. The number of carbonyl (C=O) groups excluding carboxylic acids is 1. The molecule has 6 nitrogen and oxygen atoms in total. The summed E-state index contributed by atoms with van der Waals surface area (Å²) in [5.41, 5.74) is 2.75. The number of piperidine rings is 1. The Kier molecular flexibility index (Phi) is 6.37. The second-order valence-electron chi connectivity index (χ2n) is 7.85. The van der Waals surface area contributed by atoms with E-state index in [4.69, 9.17) is 5.11 Å². The van der Waals surface area contributed by atoms with Crippen molar-refractivity contribution in [2.75, 3.05) is 26.2 Å². The molecule has 1 saturated carbocycles. The molecule has 0 spiro atoms. The number of rotatable bonds is 6. The molecule has 1 aliphatic heterocycles. The van der Waals surface area contributed by atoms with Crippen molar-refractivity contribution in [3.63, 3.8) is 0 Å². The quantitative estimate of drug-likeness (QED) is 0.804. The molecule has 1 aliphatic carbocycles. The normalized spacial score (nSPS) is 23.1. The summed E-state index contributed by atoms with van der Waals surface area (Å²) in [4.78, 5) is 27.4. The first-order valence-corrected chi connectivity index (χ1v) is 10.0. The minimum absolute atomic E-state index is 0.0305. The molecule has 0 radical (unpaired) electrons. The van der Waals surface area contributed by atoms with E-state index in [1.54, 1.807) is 0 Å². The Hall–Kier alpha value is -2.08. The van der Waals surface area contributed by atoms with E-state index in [0.717, 1.165) is 45.3 Å². The topological polar surface area (TPSA) is 72.9 Å². The predicted octanol–water partition coefficient (Wildman–Crippen LogP) is 2.82. The van der Waals surface area contributed by atoms with E-state index in [1.165, 1.54) is 11.1 Å². The number of likely N-dealkylation sites (tertiary alicyclic amines) is 1.